The standard InChI is InChI=1S/C22H22O14/c1-27-17-9-5-7-15(13-17)19(23)31-35-33-21(25)29-11-3-4-12-30-22(26)34-36-32-20(24)16-8-6-10-18(14-16)28-2/h5-10,13-14H,3-4,11-12H2,1-2H3. The van der Waals surface area contributed by atoms with Crippen molar-refractivity contribution in [2.24, 2.45) is 0 Å². The lowest BCUT2D eigenvalue weighted by Gasteiger charge is -2.06. The van der Waals surface area contributed by atoms with Crippen LogP contribution < -0.4 is 9.47 Å². The number of hydrogen-bond acceptors (Lipinski definition) is 14. The summed E-state index contributed by atoms with van der Waals surface area (Å²) in [6, 6.07) is 12.0. The predicted molar refractivity (Wildman–Crippen MR) is 113 cm³/mol. The lowest BCUT2D eigenvalue weighted by atomic mass is 10.2. The van der Waals surface area contributed by atoms with E-state index >= 15 is 0 Å². The Hall–Kier alpha value is -4.56. The van der Waals surface area contributed by atoms with Crippen molar-refractivity contribution in [3.8, 4) is 11.5 Å². The zero-order chi connectivity index (χ0) is 26.2. The quantitative estimate of drug-likeness (QED) is 0.167. The Bertz CT molecular complexity index is 940. The van der Waals surface area contributed by atoms with Crippen LogP contribution in [0.15, 0.2) is 48.5 Å². The summed E-state index contributed by atoms with van der Waals surface area (Å²) in [5.74, 6) is -1.01. The fraction of sp³-hybridized carbons (Fsp3) is 0.273. The topological polar surface area (TPSA) is 161 Å². The van der Waals surface area contributed by atoms with E-state index in [1.165, 1.54) is 38.5 Å². The van der Waals surface area contributed by atoms with Crippen molar-refractivity contribution in [1.82, 2.24) is 0 Å². The van der Waals surface area contributed by atoms with Crippen LogP contribution in [-0.2, 0) is 39.1 Å². The second kappa shape index (κ2) is 15.4. The fourth-order valence-corrected chi connectivity index (χ4v) is 2.31. The first-order valence-corrected chi connectivity index (χ1v) is 10.2. The maximum atomic E-state index is 11.7. The summed E-state index contributed by atoms with van der Waals surface area (Å²) in [4.78, 5) is 63.1. The molecule has 0 heterocycles. The molecule has 14 heteroatoms. The molecule has 194 valence electrons. The Morgan fingerprint density at radius 1 is 0.611 bits per heavy atom. The summed E-state index contributed by atoms with van der Waals surface area (Å²) < 4.78 is 19.3. The minimum absolute atomic E-state index is 0.102. The molecule has 0 N–H and O–H groups in total. The van der Waals surface area contributed by atoms with Gasteiger partial charge in [0.05, 0.1) is 48.6 Å². The van der Waals surface area contributed by atoms with Gasteiger partial charge in [-0.1, -0.05) is 12.1 Å². The molecule has 2 rings (SSSR count). The van der Waals surface area contributed by atoms with Crippen LogP contribution in [0.3, 0.4) is 0 Å². The van der Waals surface area contributed by atoms with Gasteiger partial charge in [0, 0.05) is 0 Å². The second-order valence-electron chi connectivity index (χ2n) is 6.41. The zero-order valence-corrected chi connectivity index (χ0v) is 19.2. The smallest absolute Gasteiger partial charge is 0.497 e. The highest BCUT2D eigenvalue weighted by Gasteiger charge is 2.14. The normalized spacial score (nSPS) is 9.94. The van der Waals surface area contributed by atoms with Gasteiger partial charge in [0.25, 0.3) is 0 Å². The average Bonchev–Trinajstić information content (AvgIpc) is 2.90. The fourth-order valence-electron chi connectivity index (χ4n) is 2.31. The molecule has 0 aromatic heterocycles. The van der Waals surface area contributed by atoms with Gasteiger partial charge >= 0.3 is 24.2 Å². The van der Waals surface area contributed by atoms with Crippen LogP contribution in [0, 0.1) is 0 Å². The van der Waals surface area contributed by atoms with E-state index in [0.717, 1.165) is 0 Å². The van der Waals surface area contributed by atoms with E-state index in [4.69, 9.17) is 9.47 Å². The maximum absolute atomic E-state index is 11.7. The molecule has 0 aliphatic heterocycles. The van der Waals surface area contributed by atoms with Gasteiger partial charge in [0.1, 0.15) is 11.5 Å². The van der Waals surface area contributed by atoms with Crippen LogP contribution in [0.4, 0.5) is 9.59 Å². The van der Waals surface area contributed by atoms with Crippen molar-refractivity contribution >= 4 is 24.2 Å². The van der Waals surface area contributed by atoms with Gasteiger partial charge in [0.15, 0.2) is 0 Å². The second-order valence-corrected chi connectivity index (χ2v) is 6.41. The molecule has 0 atom stereocenters. The summed E-state index contributed by atoms with van der Waals surface area (Å²) in [5, 5.41) is 8.16. The highest BCUT2D eigenvalue weighted by atomic mass is 17.5. The number of benzene rings is 2. The maximum Gasteiger partial charge on any atom is 0.543 e. The number of rotatable bonds is 13. The number of hydrogen-bond donors (Lipinski definition) is 0. The van der Waals surface area contributed by atoms with Crippen molar-refractivity contribution in [3.05, 3.63) is 59.7 Å². The Kier molecular flexibility index (Phi) is 11.8. The van der Waals surface area contributed by atoms with E-state index in [-0.39, 0.29) is 37.2 Å². The van der Waals surface area contributed by atoms with E-state index in [2.05, 4.69) is 39.1 Å². The first-order valence-electron chi connectivity index (χ1n) is 10.2. The number of ether oxygens (including phenoxy) is 4. The van der Waals surface area contributed by atoms with E-state index < -0.39 is 24.2 Å². The zero-order valence-electron chi connectivity index (χ0n) is 19.2. The van der Waals surface area contributed by atoms with Crippen LogP contribution in [-0.4, -0.2) is 51.7 Å². The first-order chi connectivity index (χ1) is 17.4. The minimum atomic E-state index is -1.26. The average molecular weight is 510 g/mol. The van der Waals surface area contributed by atoms with E-state index in [1.807, 2.05) is 0 Å². The van der Waals surface area contributed by atoms with E-state index in [0.29, 0.717) is 11.5 Å². The lowest BCUT2D eigenvalue weighted by molar-refractivity contribution is -0.452. The van der Waals surface area contributed by atoms with Crippen LogP contribution >= 0.6 is 0 Å². The van der Waals surface area contributed by atoms with Gasteiger partial charge in [0.2, 0.25) is 0 Å². The molecule has 0 saturated heterocycles. The molecule has 2 aromatic rings. The summed E-state index contributed by atoms with van der Waals surface area (Å²) in [6.07, 6.45) is -2.00. The molecule has 0 radical (unpaired) electrons. The molecule has 0 aliphatic carbocycles. The molecular weight excluding hydrogens is 488 g/mol. The molecule has 0 saturated carbocycles. The van der Waals surface area contributed by atoms with Crippen molar-refractivity contribution in [2.75, 3.05) is 27.4 Å². The first kappa shape index (κ1) is 27.7. The largest absolute Gasteiger partial charge is 0.543 e. The van der Waals surface area contributed by atoms with Gasteiger partial charge < -0.3 is 18.9 Å². The molecule has 0 amide bonds. The number of unbranched alkanes of at least 4 members (excludes halogenated alkanes) is 1. The van der Waals surface area contributed by atoms with Gasteiger partial charge in [-0.2, -0.15) is 0 Å². The van der Waals surface area contributed by atoms with E-state index in [1.54, 1.807) is 24.3 Å². The van der Waals surface area contributed by atoms with Crippen molar-refractivity contribution in [1.29, 1.82) is 0 Å². The molecular formula is C22H22O14. The molecule has 14 nitrogen and oxygen atoms in total. The van der Waals surface area contributed by atoms with Crippen LogP contribution in [0.5, 0.6) is 11.5 Å². The highest BCUT2D eigenvalue weighted by Crippen LogP contribution is 2.14. The summed E-state index contributed by atoms with van der Waals surface area (Å²) in [6.45, 7) is -0.252. The van der Waals surface area contributed by atoms with Crippen molar-refractivity contribution in [3.63, 3.8) is 0 Å². The third kappa shape index (κ3) is 10.1. The number of carbonyl (C=O) groups excluding carboxylic acids is 4. The number of methoxy groups -OCH3 is 2. The monoisotopic (exact) mass is 510 g/mol. The Balaban J connectivity index is 1.48. The van der Waals surface area contributed by atoms with Crippen LogP contribution in [0.2, 0.25) is 0 Å². The van der Waals surface area contributed by atoms with Crippen molar-refractivity contribution < 1.29 is 67.8 Å². The van der Waals surface area contributed by atoms with Gasteiger partial charge in [-0.25, -0.2) is 29.0 Å². The molecule has 0 unspecified atom stereocenters. The van der Waals surface area contributed by atoms with Gasteiger partial charge in [-0.05, 0) is 49.2 Å². The molecule has 2 aromatic carbocycles. The van der Waals surface area contributed by atoms with E-state index in [9.17, 15) is 19.2 Å². The third-order valence-electron chi connectivity index (χ3n) is 4.01. The molecule has 0 fully saturated rings. The summed E-state index contributed by atoms with van der Waals surface area (Å²) in [5.41, 5.74) is 0.204. The Morgan fingerprint density at radius 2 is 1.03 bits per heavy atom. The van der Waals surface area contributed by atoms with Crippen LogP contribution in [0.1, 0.15) is 33.6 Å². The van der Waals surface area contributed by atoms with Gasteiger partial charge in [-0.15, -0.1) is 0 Å². The number of carbonyl (C=O) groups is 4. The molecule has 0 bridgehead atoms. The van der Waals surface area contributed by atoms with Crippen molar-refractivity contribution in [2.45, 2.75) is 12.8 Å². The predicted octanol–water partition coefficient (Wildman–Crippen LogP) is 3.50. The Morgan fingerprint density at radius 3 is 1.42 bits per heavy atom. The van der Waals surface area contributed by atoms with Crippen LogP contribution in [0.25, 0.3) is 0 Å². The lowest BCUT2D eigenvalue weighted by Crippen LogP contribution is -2.14. The minimum Gasteiger partial charge on any atom is -0.497 e. The highest BCUT2D eigenvalue weighted by molar-refractivity contribution is 5.89. The summed E-state index contributed by atoms with van der Waals surface area (Å²) in [7, 11) is 2.85. The van der Waals surface area contributed by atoms with Gasteiger partial charge in [-0.3, -0.25) is 9.78 Å². The SMILES string of the molecule is COc1cccc(C(=O)OOOC(=O)OCCCCOC(=O)OOOC(=O)c2cccc(OC)c2)c1. The molecule has 0 spiro atoms. The Labute approximate surface area is 204 Å². The summed E-state index contributed by atoms with van der Waals surface area (Å²) >= 11 is 0. The molecule has 0 aliphatic rings. The molecule has 36 heavy (non-hydrogen) atoms. The third-order valence-corrected chi connectivity index (χ3v) is 4.01.